The van der Waals surface area contributed by atoms with Crippen LogP contribution in [0.25, 0.3) is 0 Å². The summed E-state index contributed by atoms with van der Waals surface area (Å²) >= 11 is 0. The molecule has 0 unspecified atom stereocenters. The van der Waals surface area contributed by atoms with E-state index in [0.29, 0.717) is 11.4 Å². The number of para-hydroxylation sites is 2. The lowest BCUT2D eigenvalue weighted by molar-refractivity contribution is 0.165. The first-order chi connectivity index (χ1) is 9.29. The lowest BCUT2D eigenvalue weighted by Crippen LogP contribution is -2.14. The average Bonchev–Trinajstić information content (AvgIpc) is 2.47. The first-order valence-corrected chi connectivity index (χ1v) is 6.46. The van der Waals surface area contributed by atoms with Crippen molar-refractivity contribution in [3.8, 4) is 5.75 Å². The summed E-state index contributed by atoms with van der Waals surface area (Å²) < 4.78 is 5.13. The quantitative estimate of drug-likeness (QED) is 0.669. The molecule has 2 rings (SSSR count). The van der Waals surface area contributed by atoms with E-state index < -0.39 is 6.09 Å². The van der Waals surface area contributed by atoms with Gasteiger partial charge < -0.3 is 4.74 Å². The van der Waals surface area contributed by atoms with Crippen LogP contribution >= 0.6 is 0 Å². The predicted molar refractivity (Wildman–Crippen MR) is 73.6 cm³/mol. The van der Waals surface area contributed by atoms with Gasteiger partial charge in [-0.3, -0.25) is 10.2 Å². The van der Waals surface area contributed by atoms with Crippen molar-refractivity contribution < 1.29 is 14.4 Å². The molecule has 1 fully saturated rings. The van der Waals surface area contributed by atoms with Gasteiger partial charge in [-0.2, -0.15) is 0 Å². The molecule has 0 bridgehead atoms. The van der Waals surface area contributed by atoms with Gasteiger partial charge in [-0.15, -0.1) is 0 Å². The molecule has 0 aliphatic heterocycles. The standard InChI is InChI=1S/C14H18N2O3/c1-18-13-10-6-5-9-12(13)15-14(17)19-16-11-7-3-2-4-8-11/h5-6,9-10H,2-4,7-8H2,1H3,(H,15,17). The van der Waals surface area contributed by atoms with Gasteiger partial charge in [0, 0.05) is 0 Å². The third kappa shape index (κ3) is 3.98. The second-order valence-electron chi connectivity index (χ2n) is 4.42. The summed E-state index contributed by atoms with van der Waals surface area (Å²) in [7, 11) is 1.55. The van der Waals surface area contributed by atoms with Crippen LogP contribution in [0.2, 0.25) is 0 Å². The van der Waals surface area contributed by atoms with Crippen molar-refractivity contribution in [3.63, 3.8) is 0 Å². The van der Waals surface area contributed by atoms with Crippen LogP contribution in [-0.4, -0.2) is 18.9 Å². The van der Waals surface area contributed by atoms with Gasteiger partial charge in [0.05, 0.1) is 18.5 Å². The summed E-state index contributed by atoms with van der Waals surface area (Å²) in [6.07, 6.45) is 4.71. The Hall–Kier alpha value is -2.04. The smallest absolute Gasteiger partial charge is 0.437 e. The molecule has 5 nitrogen and oxygen atoms in total. The normalized spacial score (nSPS) is 14.7. The number of oxime groups is 1. The van der Waals surface area contributed by atoms with E-state index in [0.717, 1.165) is 31.4 Å². The fraction of sp³-hybridized carbons (Fsp3) is 0.429. The summed E-state index contributed by atoms with van der Waals surface area (Å²) in [4.78, 5) is 16.5. The highest BCUT2D eigenvalue weighted by molar-refractivity contribution is 5.88. The Labute approximate surface area is 112 Å². The highest BCUT2D eigenvalue weighted by atomic mass is 16.7. The second kappa shape index (κ2) is 6.78. The summed E-state index contributed by atoms with van der Waals surface area (Å²) in [5, 5.41) is 6.51. The number of methoxy groups -OCH3 is 1. The number of nitrogens with zero attached hydrogens (tertiary/aromatic N) is 1. The van der Waals surface area contributed by atoms with Gasteiger partial charge >= 0.3 is 6.09 Å². The van der Waals surface area contributed by atoms with E-state index in [-0.39, 0.29) is 0 Å². The van der Waals surface area contributed by atoms with Crippen molar-refractivity contribution in [2.45, 2.75) is 32.1 Å². The van der Waals surface area contributed by atoms with Crippen LogP contribution in [0.3, 0.4) is 0 Å². The molecule has 102 valence electrons. The fourth-order valence-corrected chi connectivity index (χ4v) is 2.04. The minimum atomic E-state index is -0.595. The third-order valence-electron chi connectivity index (χ3n) is 3.03. The van der Waals surface area contributed by atoms with Crippen LogP contribution in [0, 0.1) is 0 Å². The van der Waals surface area contributed by atoms with E-state index in [1.165, 1.54) is 6.42 Å². The Morgan fingerprint density at radius 1 is 1.21 bits per heavy atom. The Morgan fingerprint density at radius 3 is 2.68 bits per heavy atom. The van der Waals surface area contributed by atoms with E-state index in [1.54, 1.807) is 19.2 Å². The van der Waals surface area contributed by atoms with Gasteiger partial charge in [0.2, 0.25) is 0 Å². The topological polar surface area (TPSA) is 59.9 Å². The Bertz CT molecular complexity index is 464. The molecule has 0 saturated heterocycles. The Kier molecular flexibility index (Phi) is 4.78. The molecule has 1 N–H and O–H groups in total. The van der Waals surface area contributed by atoms with Gasteiger partial charge in [0.15, 0.2) is 0 Å². The van der Waals surface area contributed by atoms with Gasteiger partial charge in [-0.25, -0.2) is 4.79 Å². The number of amides is 1. The van der Waals surface area contributed by atoms with Gasteiger partial charge in [0.1, 0.15) is 5.75 Å². The van der Waals surface area contributed by atoms with Crippen molar-refractivity contribution >= 4 is 17.5 Å². The van der Waals surface area contributed by atoms with Crippen LogP contribution in [-0.2, 0) is 4.84 Å². The predicted octanol–water partition coefficient (Wildman–Crippen LogP) is 3.56. The van der Waals surface area contributed by atoms with Crippen molar-refractivity contribution in [3.05, 3.63) is 24.3 Å². The fourth-order valence-electron chi connectivity index (χ4n) is 2.04. The zero-order valence-corrected chi connectivity index (χ0v) is 11.0. The van der Waals surface area contributed by atoms with Crippen LogP contribution in [0.4, 0.5) is 10.5 Å². The summed E-state index contributed by atoms with van der Waals surface area (Å²) in [5.41, 5.74) is 1.53. The second-order valence-corrected chi connectivity index (χ2v) is 4.42. The highest BCUT2D eigenvalue weighted by Crippen LogP contribution is 2.23. The average molecular weight is 262 g/mol. The van der Waals surface area contributed by atoms with E-state index >= 15 is 0 Å². The Balaban J connectivity index is 1.90. The minimum Gasteiger partial charge on any atom is -0.495 e. The number of hydrogen-bond donors (Lipinski definition) is 1. The van der Waals surface area contributed by atoms with E-state index in [9.17, 15) is 4.79 Å². The van der Waals surface area contributed by atoms with E-state index in [4.69, 9.17) is 9.57 Å². The molecule has 1 aromatic rings. The molecule has 0 spiro atoms. The molecule has 1 aromatic carbocycles. The monoisotopic (exact) mass is 262 g/mol. The molecular weight excluding hydrogens is 244 g/mol. The molecule has 0 heterocycles. The summed E-state index contributed by atoms with van der Waals surface area (Å²) in [5.74, 6) is 0.588. The SMILES string of the molecule is COc1ccccc1NC(=O)ON=C1CCCCC1. The number of carbonyl (C=O) groups is 1. The molecule has 1 aliphatic carbocycles. The van der Waals surface area contributed by atoms with Crippen LogP contribution in [0.5, 0.6) is 5.75 Å². The number of anilines is 1. The molecule has 1 aliphatic rings. The van der Waals surface area contributed by atoms with Gasteiger partial charge in [-0.05, 0) is 37.8 Å². The maximum Gasteiger partial charge on any atom is 0.437 e. The van der Waals surface area contributed by atoms with Crippen molar-refractivity contribution in [2.75, 3.05) is 12.4 Å². The molecule has 1 amide bonds. The molecular formula is C14H18N2O3. The van der Waals surface area contributed by atoms with Crippen molar-refractivity contribution in [1.29, 1.82) is 0 Å². The first kappa shape index (κ1) is 13.4. The summed E-state index contributed by atoms with van der Waals surface area (Å²) in [6, 6.07) is 7.15. The van der Waals surface area contributed by atoms with Crippen LogP contribution in [0.15, 0.2) is 29.4 Å². The number of ether oxygens (including phenoxy) is 1. The number of rotatable bonds is 3. The lowest BCUT2D eigenvalue weighted by atomic mass is 9.99. The molecule has 0 atom stereocenters. The van der Waals surface area contributed by atoms with E-state index in [2.05, 4.69) is 10.5 Å². The van der Waals surface area contributed by atoms with Crippen molar-refractivity contribution in [1.82, 2.24) is 0 Å². The van der Waals surface area contributed by atoms with Crippen LogP contribution < -0.4 is 10.1 Å². The maximum atomic E-state index is 11.6. The Morgan fingerprint density at radius 2 is 1.95 bits per heavy atom. The maximum absolute atomic E-state index is 11.6. The van der Waals surface area contributed by atoms with E-state index in [1.807, 2.05) is 12.1 Å². The minimum absolute atomic E-state index is 0.568. The van der Waals surface area contributed by atoms with Gasteiger partial charge in [0.25, 0.3) is 0 Å². The van der Waals surface area contributed by atoms with Crippen molar-refractivity contribution in [2.24, 2.45) is 5.16 Å². The van der Waals surface area contributed by atoms with Gasteiger partial charge in [-0.1, -0.05) is 23.7 Å². The molecule has 0 aromatic heterocycles. The lowest BCUT2D eigenvalue weighted by Gasteiger charge is -2.11. The van der Waals surface area contributed by atoms with Crippen LogP contribution in [0.1, 0.15) is 32.1 Å². The number of benzene rings is 1. The first-order valence-electron chi connectivity index (χ1n) is 6.46. The number of nitrogens with one attached hydrogen (secondary N) is 1. The largest absolute Gasteiger partial charge is 0.495 e. The molecule has 19 heavy (non-hydrogen) atoms. The number of hydrogen-bond acceptors (Lipinski definition) is 4. The summed E-state index contributed by atoms with van der Waals surface area (Å²) in [6.45, 7) is 0. The molecule has 5 heteroatoms. The molecule has 0 radical (unpaired) electrons. The zero-order valence-electron chi connectivity index (χ0n) is 11.0. The highest BCUT2D eigenvalue weighted by Gasteiger charge is 2.10. The zero-order chi connectivity index (χ0) is 13.5. The third-order valence-corrected chi connectivity index (χ3v) is 3.03. The number of carbonyl (C=O) groups excluding carboxylic acids is 1. The molecule has 1 saturated carbocycles.